The van der Waals surface area contributed by atoms with Crippen LogP contribution >= 0.6 is 0 Å². The van der Waals surface area contributed by atoms with Crippen molar-refractivity contribution in [3.05, 3.63) is 59.3 Å². The maximum Gasteiger partial charge on any atom is 0.573 e. The molecule has 1 aliphatic rings. The van der Waals surface area contributed by atoms with Crippen LogP contribution in [0.1, 0.15) is 52.0 Å². The minimum atomic E-state index is -4.82. The third-order valence-corrected chi connectivity index (χ3v) is 6.65. The molecule has 1 fully saturated rings. The van der Waals surface area contributed by atoms with Crippen LogP contribution in [0.25, 0.3) is 10.9 Å². The fourth-order valence-corrected chi connectivity index (χ4v) is 4.67. The second-order valence-electron chi connectivity index (χ2n) is 9.25. The number of piperidine rings is 1. The number of rotatable bonds is 6. The maximum atomic E-state index is 13.5. The third kappa shape index (κ3) is 6.03. The van der Waals surface area contributed by atoms with E-state index in [2.05, 4.69) is 9.84 Å². The van der Waals surface area contributed by atoms with Gasteiger partial charge in [0.25, 0.3) is 5.91 Å². The Morgan fingerprint density at radius 1 is 1.05 bits per heavy atom. The number of fused-ring (bicyclic) bond motifs is 1. The van der Waals surface area contributed by atoms with E-state index in [4.69, 9.17) is 5.73 Å². The van der Waals surface area contributed by atoms with E-state index in [1.165, 1.54) is 30.5 Å². The summed E-state index contributed by atoms with van der Waals surface area (Å²) in [4.78, 5) is 26.2. The van der Waals surface area contributed by atoms with E-state index >= 15 is 0 Å². The largest absolute Gasteiger partial charge is 0.573 e. The van der Waals surface area contributed by atoms with Crippen molar-refractivity contribution >= 4 is 22.7 Å². The van der Waals surface area contributed by atoms with Gasteiger partial charge in [-0.3, -0.25) is 14.3 Å². The lowest BCUT2D eigenvalue weighted by Gasteiger charge is -2.32. The maximum absolute atomic E-state index is 13.5. The lowest BCUT2D eigenvalue weighted by atomic mass is 9.91. The summed E-state index contributed by atoms with van der Waals surface area (Å²) in [6.07, 6.45) is -6.73. The predicted molar refractivity (Wildman–Crippen MR) is 124 cm³/mol. The Morgan fingerprint density at radius 2 is 1.68 bits per heavy atom. The van der Waals surface area contributed by atoms with Crippen molar-refractivity contribution in [3.8, 4) is 5.75 Å². The molecule has 0 bridgehead atoms. The summed E-state index contributed by atoms with van der Waals surface area (Å²) < 4.78 is 82.9. The number of likely N-dealkylation sites (tertiary alicyclic amines) is 1. The van der Waals surface area contributed by atoms with Gasteiger partial charge in [0.05, 0.1) is 11.4 Å². The van der Waals surface area contributed by atoms with Crippen LogP contribution in [-0.2, 0) is 6.54 Å². The van der Waals surface area contributed by atoms with Crippen molar-refractivity contribution in [1.29, 1.82) is 0 Å². The number of halogens is 6. The van der Waals surface area contributed by atoms with Gasteiger partial charge in [0.1, 0.15) is 5.75 Å². The van der Waals surface area contributed by atoms with E-state index in [0.717, 1.165) is 19.1 Å². The number of ether oxygens (including phenoxy) is 1. The average Bonchev–Trinajstić information content (AvgIpc) is 3.24. The smallest absolute Gasteiger partial charge is 0.406 e. The summed E-state index contributed by atoms with van der Waals surface area (Å²) in [5, 5.41) is 4.60. The normalized spacial score (nSPS) is 16.0. The summed E-state index contributed by atoms with van der Waals surface area (Å²) in [6.45, 7) is 2.16. The van der Waals surface area contributed by atoms with Gasteiger partial charge >= 0.3 is 12.5 Å². The second-order valence-corrected chi connectivity index (χ2v) is 9.25. The molecule has 0 aliphatic carbocycles. The number of alkyl halides is 6. The zero-order valence-electron chi connectivity index (χ0n) is 20.1. The first kappa shape index (κ1) is 27.3. The molecule has 0 spiro atoms. The first-order valence-electron chi connectivity index (χ1n) is 11.7. The number of carbonyl (C=O) groups is 2. The molecule has 1 atom stereocenters. The van der Waals surface area contributed by atoms with E-state index in [9.17, 15) is 35.9 Å². The molecule has 1 saturated heterocycles. The highest BCUT2D eigenvalue weighted by atomic mass is 19.4. The Balaban J connectivity index is 1.43. The van der Waals surface area contributed by atoms with Gasteiger partial charge in [0.15, 0.2) is 0 Å². The standard InChI is InChI=1S/C25H24F6N4O3/c1-14(24(26,27)28)21-18(22(32)36)6-7-20-19(21)13-35(33-20)12-15-8-10-34(11-9-15)23(37)16-2-4-17(5-3-16)38-25(29,30)31/h2-7,13-15H,8-12H2,1H3,(H2,32,36). The highest BCUT2D eigenvalue weighted by Gasteiger charge is 2.40. The van der Waals surface area contributed by atoms with Crippen LogP contribution < -0.4 is 10.5 Å². The van der Waals surface area contributed by atoms with Crippen molar-refractivity contribution in [2.45, 2.75) is 44.8 Å². The summed E-state index contributed by atoms with van der Waals surface area (Å²) in [7, 11) is 0. The molecule has 2 N–H and O–H groups in total. The SMILES string of the molecule is CC(c1c(C(N)=O)ccc2nn(CC3CCN(C(=O)c4ccc(OC(F)(F)F)cc4)CC3)cc12)C(F)(F)F. The van der Waals surface area contributed by atoms with Crippen LogP contribution in [0.2, 0.25) is 0 Å². The van der Waals surface area contributed by atoms with Crippen LogP contribution in [0.4, 0.5) is 26.3 Å². The van der Waals surface area contributed by atoms with E-state index < -0.39 is 30.1 Å². The number of nitrogens with zero attached hydrogens (tertiary/aromatic N) is 3. The average molecular weight is 542 g/mol. The van der Waals surface area contributed by atoms with Gasteiger partial charge in [-0.15, -0.1) is 13.2 Å². The fourth-order valence-electron chi connectivity index (χ4n) is 4.67. The summed E-state index contributed by atoms with van der Waals surface area (Å²) in [6, 6.07) is 7.41. The molecule has 1 aliphatic heterocycles. The van der Waals surface area contributed by atoms with Crippen molar-refractivity contribution in [2.75, 3.05) is 13.1 Å². The molecule has 13 heteroatoms. The fraction of sp³-hybridized carbons (Fsp3) is 0.400. The first-order chi connectivity index (χ1) is 17.7. The van der Waals surface area contributed by atoms with Gasteiger partial charge in [-0.25, -0.2) is 0 Å². The quantitative estimate of drug-likeness (QED) is 0.431. The number of hydrogen-bond donors (Lipinski definition) is 1. The lowest BCUT2D eigenvalue weighted by Crippen LogP contribution is -2.39. The second kappa shape index (κ2) is 10.2. The van der Waals surface area contributed by atoms with Crippen LogP contribution in [0, 0.1) is 5.92 Å². The zero-order valence-corrected chi connectivity index (χ0v) is 20.1. The molecule has 204 valence electrons. The predicted octanol–water partition coefficient (Wildman–Crippen LogP) is 5.25. The number of benzene rings is 2. The van der Waals surface area contributed by atoms with Gasteiger partial charge < -0.3 is 15.4 Å². The number of aromatic nitrogens is 2. The van der Waals surface area contributed by atoms with Gasteiger partial charge in [-0.2, -0.15) is 18.3 Å². The molecule has 0 radical (unpaired) electrons. The number of amides is 2. The van der Waals surface area contributed by atoms with Gasteiger partial charge in [0, 0.05) is 42.3 Å². The van der Waals surface area contributed by atoms with Gasteiger partial charge in [-0.1, -0.05) is 0 Å². The Kier molecular flexibility index (Phi) is 7.31. The van der Waals surface area contributed by atoms with Crippen molar-refractivity contribution < 1.29 is 40.7 Å². The molecule has 3 aromatic rings. The van der Waals surface area contributed by atoms with Crippen LogP contribution in [0.5, 0.6) is 5.75 Å². The number of carbonyl (C=O) groups excluding carboxylic acids is 2. The first-order valence-corrected chi connectivity index (χ1v) is 11.7. The van der Waals surface area contributed by atoms with E-state index in [-0.39, 0.29) is 33.9 Å². The van der Waals surface area contributed by atoms with Crippen molar-refractivity contribution in [1.82, 2.24) is 14.7 Å². The number of primary amides is 1. The molecule has 2 amide bonds. The van der Waals surface area contributed by atoms with E-state index in [1.807, 2.05) is 0 Å². The summed E-state index contributed by atoms with van der Waals surface area (Å²) >= 11 is 0. The Morgan fingerprint density at radius 3 is 2.24 bits per heavy atom. The van der Waals surface area contributed by atoms with Crippen molar-refractivity contribution in [2.24, 2.45) is 11.7 Å². The molecular formula is C25H24F6N4O3. The number of nitrogens with two attached hydrogens (primary N) is 1. The van der Waals surface area contributed by atoms with E-state index in [0.29, 0.717) is 38.0 Å². The molecule has 38 heavy (non-hydrogen) atoms. The Labute approximate surface area is 213 Å². The zero-order chi connectivity index (χ0) is 27.8. The molecule has 2 aromatic carbocycles. The molecule has 7 nitrogen and oxygen atoms in total. The molecule has 0 saturated carbocycles. The minimum Gasteiger partial charge on any atom is -0.406 e. The summed E-state index contributed by atoms with van der Waals surface area (Å²) in [5.41, 5.74) is 5.47. The Bertz CT molecular complexity index is 1330. The van der Waals surface area contributed by atoms with Crippen LogP contribution in [0.15, 0.2) is 42.6 Å². The molecule has 4 rings (SSSR count). The monoisotopic (exact) mass is 542 g/mol. The molecule has 1 unspecified atom stereocenters. The topological polar surface area (TPSA) is 90.5 Å². The summed E-state index contributed by atoms with van der Waals surface area (Å²) in [5.74, 6) is -3.54. The molecule has 2 heterocycles. The minimum absolute atomic E-state index is 0.0787. The number of hydrogen-bond acceptors (Lipinski definition) is 4. The van der Waals surface area contributed by atoms with Crippen molar-refractivity contribution in [3.63, 3.8) is 0 Å². The highest BCUT2D eigenvalue weighted by Crippen LogP contribution is 2.39. The van der Waals surface area contributed by atoms with Gasteiger partial charge in [-0.05, 0) is 67.6 Å². The highest BCUT2D eigenvalue weighted by molar-refractivity contribution is 6.00. The van der Waals surface area contributed by atoms with Crippen LogP contribution in [0.3, 0.4) is 0 Å². The molecular weight excluding hydrogens is 518 g/mol. The van der Waals surface area contributed by atoms with Crippen LogP contribution in [-0.4, -0.2) is 52.1 Å². The van der Waals surface area contributed by atoms with Gasteiger partial charge in [0.2, 0.25) is 5.91 Å². The lowest BCUT2D eigenvalue weighted by molar-refractivity contribution is -0.274. The third-order valence-electron chi connectivity index (χ3n) is 6.65. The van der Waals surface area contributed by atoms with E-state index in [1.54, 1.807) is 9.58 Å². The Hall–Kier alpha value is -3.77. The molecule has 1 aromatic heterocycles.